The highest BCUT2D eigenvalue weighted by Gasteiger charge is 2.14. The summed E-state index contributed by atoms with van der Waals surface area (Å²) in [4.78, 5) is 17.3. The number of nitrogens with two attached hydrogens (primary N) is 1. The van der Waals surface area contributed by atoms with Gasteiger partial charge in [0.25, 0.3) is 5.91 Å². The number of aliphatic hydroxyl groups is 1. The quantitative estimate of drug-likeness (QED) is 0.779. The first-order valence-electron chi connectivity index (χ1n) is 5.15. The first kappa shape index (κ1) is 12.4. The maximum atomic E-state index is 11.9. The molecule has 1 heterocycles. The van der Waals surface area contributed by atoms with Gasteiger partial charge in [-0.05, 0) is 19.4 Å². The van der Waals surface area contributed by atoms with E-state index in [-0.39, 0.29) is 5.91 Å². The lowest BCUT2D eigenvalue weighted by Crippen LogP contribution is -2.30. The summed E-state index contributed by atoms with van der Waals surface area (Å²) in [7, 11) is 1.68. The second-order valence-corrected chi connectivity index (χ2v) is 3.83. The van der Waals surface area contributed by atoms with E-state index < -0.39 is 6.10 Å². The number of carbonyl (C=O) groups excluding carboxylic acids is 1. The molecule has 3 N–H and O–H groups in total. The molecule has 1 atom stereocenters. The summed E-state index contributed by atoms with van der Waals surface area (Å²) < 4.78 is 0. The van der Waals surface area contributed by atoms with Gasteiger partial charge in [-0.3, -0.25) is 9.78 Å². The van der Waals surface area contributed by atoms with Gasteiger partial charge in [0.05, 0.1) is 11.7 Å². The summed E-state index contributed by atoms with van der Waals surface area (Å²) in [5.74, 6) is -0.175. The van der Waals surface area contributed by atoms with Gasteiger partial charge >= 0.3 is 0 Å². The Morgan fingerprint density at radius 2 is 2.38 bits per heavy atom. The Balaban J connectivity index is 2.67. The average Bonchev–Trinajstić information content (AvgIpc) is 2.25. The molecule has 16 heavy (non-hydrogen) atoms. The van der Waals surface area contributed by atoms with E-state index in [9.17, 15) is 4.79 Å². The van der Waals surface area contributed by atoms with E-state index >= 15 is 0 Å². The van der Waals surface area contributed by atoms with Crippen LogP contribution < -0.4 is 5.73 Å². The fraction of sp³-hybridized carbons (Fsp3) is 0.455. The molecule has 0 spiro atoms. The molecule has 0 aliphatic rings. The largest absolute Gasteiger partial charge is 0.398 e. The Hall–Kier alpha value is -1.62. The fourth-order valence-corrected chi connectivity index (χ4v) is 1.27. The van der Waals surface area contributed by atoms with E-state index in [0.717, 1.165) is 0 Å². The third-order valence-corrected chi connectivity index (χ3v) is 2.31. The first-order chi connectivity index (χ1) is 7.52. The number of hydrogen-bond acceptors (Lipinski definition) is 4. The molecule has 0 aromatic carbocycles. The van der Waals surface area contributed by atoms with Crippen molar-refractivity contribution in [2.45, 2.75) is 19.4 Å². The maximum Gasteiger partial charge on any atom is 0.257 e. The Kier molecular flexibility index (Phi) is 4.25. The molecule has 0 aliphatic heterocycles. The third kappa shape index (κ3) is 3.20. The van der Waals surface area contributed by atoms with Crippen LogP contribution in [0, 0.1) is 0 Å². The van der Waals surface area contributed by atoms with Crippen LogP contribution in [0.1, 0.15) is 23.7 Å². The molecule has 88 valence electrons. The summed E-state index contributed by atoms with van der Waals surface area (Å²) in [6.45, 7) is 2.18. The van der Waals surface area contributed by atoms with Crippen LogP contribution in [0.5, 0.6) is 0 Å². The molecule has 1 amide bonds. The number of carbonyl (C=O) groups is 1. The summed E-state index contributed by atoms with van der Waals surface area (Å²) >= 11 is 0. The van der Waals surface area contributed by atoms with Gasteiger partial charge in [-0.2, -0.15) is 0 Å². The molecule has 1 unspecified atom stereocenters. The van der Waals surface area contributed by atoms with Gasteiger partial charge in [-0.15, -0.1) is 0 Å². The Labute approximate surface area is 94.9 Å². The number of aliphatic hydroxyl groups excluding tert-OH is 1. The smallest absolute Gasteiger partial charge is 0.257 e. The van der Waals surface area contributed by atoms with E-state index in [4.69, 9.17) is 10.8 Å². The van der Waals surface area contributed by atoms with Gasteiger partial charge < -0.3 is 15.7 Å². The zero-order valence-corrected chi connectivity index (χ0v) is 9.55. The number of nitrogens with zero attached hydrogens (tertiary/aromatic N) is 2. The zero-order valence-electron chi connectivity index (χ0n) is 9.55. The van der Waals surface area contributed by atoms with Crippen molar-refractivity contribution >= 4 is 11.6 Å². The monoisotopic (exact) mass is 223 g/mol. The number of aromatic nitrogens is 1. The SMILES string of the molecule is CC(O)CCN(C)C(=O)c1cnccc1N. The lowest BCUT2D eigenvalue weighted by atomic mass is 10.2. The summed E-state index contributed by atoms with van der Waals surface area (Å²) in [6, 6.07) is 1.59. The van der Waals surface area contributed by atoms with E-state index in [1.807, 2.05) is 0 Å². The maximum absolute atomic E-state index is 11.9. The van der Waals surface area contributed by atoms with Crippen LogP contribution >= 0.6 is 0 Å². The lowest BCUT2D eigenvalue weighted by molar-refractivity contribution is 0.0769. The third-order valence-electron chi connectivity index (χ3n) is 2.31. The number of anilines is 1. The molecule has 0 bridgehead atoms. The lowest BCUT2D eigenvalue weighted by Gasteiger charge is -2.18. The average molecular weight is 223 g/mol. The second kappa shape index (κ2) is 5.46. The molecule has 0 saturated heterocycles. The summed E-state index contributed by atoms with van der Waals surface area (Å²) in [5.41, 5.74) is 6.50. The molecule has 1 rings (SSSR count). The molecule has 1 aromatic rings. The van der Waals surface area contributed by atoms with Gasteiger partial charge in [-0.25, -0.2) is 0 Å². The standard InChI is InChI=1S/C11H17N3O2/c1-8(15)4-6-14(2)11(16)9-7-13-5-3-10(9)12/h3,5,7-8,15H,4,6H2,1-2H3,(H2,12,13). The Bertz CT molecular complexity index is 366. The number of hydrogen-bond donors (Lipinski definition) is 2. The molecule has 5 nitrogen and oxygen atoms in total. The molecule has 0 saturated carbocycles. The van der Waals surface area contributed by atoms with Crippen molar-refractivity contribution in [1.82, 2.24) is 9.88 Å². The number of pyridine rings is 1. The van der Waals surface area contributed by atoms with Crippen molar-refractivity contribution in [3.05, 3.63) is 24.0 Å². The zero-order chi connectivity index (χ0) is 12.1. The predicted molar refractivity (Wildman–Crippen MR) is 61.9 cm³/mol. The van der Waals surface area contributed by atoms with Crippen LogP contribution in [0.25, 0.3) is 0 Å². The van der Waals surface area contributed by atoms with Crippen molar-refractivity contribution in [1.29, 1.82) is 0 Å². The molecule has 1 aromatic heterocycles. The highest BCUT2D eigenvalue weighted by Crippen LogP contribution is 2.11. The highest BCUT2D eigenvalue weighted by atomic mass is 16.3. The fourth-order valence-electron chi connectivity index (χ4n) is 1.27. The predicted octanol–water partition coefficient (Wildman–Crippen LogP) is 0.507. The molecule has 0 fully saturated rings. The Morgan fingerprint density at radius 1 is 1.69 bits per heavy atom. The van der Waals surface area contributed by atoms with Crippen LogP contribution in [-0.2, 0) is 0 Å². The first-order valence-corrected chi connectivity index (χ1v) is 5.15. The van der Waals surface area contributed by atoms with Crippen LogP contribution in [0.15, 0.2) is 18.5 Å². The van der Waals surface area contributed by atoms with Crippen LogP contribution in [0.4, 0.5) is 5.69 Å². The highest BCUT2D eigenvalue weighted by molar-refractivity contribution is 5.98. The number of amides is 1. The minimum absolute atomic E-state index is 0.175. The van der Waals surface area contributed by atoms with Gasteiger partial charge in [0.2, 0.25) is 0 Å². The molecular formula is C11H17N3O2. The van der Waals surface area contributed by atoms with Gasteiger partial charge in [0.15, 0.2) is 0 Å². The topological polar surface area (TPSA) is 79.5 Å². The van der Waals surface area contributed by atoms with E-state index in [2.05, 4.69) is 4.98 Å². The number of nitrogen functional groups attached to an aromatic ring is 1. The van der Waals surface area contributed by atoms with E-state index in [1.165, 1.54) is 11.1 Å². The normalized spacial score (nSPS) is 12.2. The van der Waals surface area contributed by atoms with E-state index in [0.29, 0.717) is 24.2 Å². The van der Waals surface area contributed by atoms with Gasteiger partial charge in [0.1, 0.15) is 0 Å². The van der Waals surface area contributed by atoms with Crippen molar-refractivity contribution in [3.8, 4) is 0 Å². The summed E-state index contributed by atoms with van der Waals surface area (Å²) in [6.07, 6.45) is 3.13. The minimum Gasteiger partial charge on any atom is -0.398 e. The second-order valence-electron chi connectivity index (χ2n) is 3.83. The Morgan fingerprint density at radius 3 is 2.94 bits per heavy atom. The van der Waals surface area contributed by atoms with Crippen molar-refractivity contribution in [3.63, 3.8) is 0 Å². The molecular weight excluding hydrogens is 206 g/mol. The molecule has 5 heteroatoms. The number of rotatable bonds is 4. The van der Waals surface area contributed by atoms with Crippen LogP contribution in [-0.4, -0.2) is 40.6 Å². The van der Waals surface area contributed by atoms with Crippen LogP contribution in [0.2, 0.25) is 0 Å². The van der Waals surface area contributed by atoms with Crippen molar-refractivity contribution in [2.75, 3.05) is 19.3 Å². The van der Waals surface area contributed by atoms with E-state index in [1.54, 1.807) is 26.2 Å². The van der Waals surface area contributed by atoms with Gasteiger partial charge in [0, 0.05) is 31.7 Å². The van der Waals surface area contributed by atoms with Crippen LogP contribution in [0.3, 0.4) is 0 Å². The van der Waals surface area contributed by atoms with Gasteiger partial charge in [-0.1, -0.05) is 0 Å². The molecule has 0 aliphatic carbocycles. The summed E-state index contributed by atoms with van der Waals surface area (Å²) in [5, 5.41) is 9.13. The minimum atomic E-state index is -0.415. The van der Waals surface area contributed by atoms with Crippen molar-refractivity contribution in [2.24, 2.45) is 0 Å². The molecule has 0 radical (unpaired) electrons. The van der Waals surface area contributed by atoms with Crippen molar-refractivity contribution < 1.29 is 9.90 Å².